The summed E-state index contributed by atoms with van der Waals surface area (Å²) in [5.74, 6) is 0.318. The Kier molecular flexibility index (Phi) is 5.10. The summed E-state index contributed by atoms with van der Waals surface area (Å²) in [5.41, 5.74) is 0. The predicted molar refractivity (Wildman–Crippen MR) is 57.9 cm³/mol. The summed E-state index contributed by atoms with van der Waals surface area (Å²) in [4.78, 5) is 12.4. The molecule has 0 spiro atoms. The van der Waals surface area contributed by atoms with Crippen molar-refractivity contribution in [3.63, 3.8) is 0 Å². The lowest BCUT2D eigenvalue weighted by molar-refractivity contribution is -0.138. The van der Waals surface area contributed by atoms with Crippen LogP contribution in [0.3, 0.4) is 0 Å². The number of hydrogen-bond acceptors (Lipinski definition) is 3. The van der Waals surface area contributed by atoms with E-state index in [1.807, 2.05) is 16.7 Å². The van der Waals surface area contributed by atoms with Gasteiger partial charge in [-0.25, -0.2) is 0 Å². The van der Waals surface area contributed by atoms with Crippen LogP contribution in [0.5, 0.6) is 0 Å². The topological polar surface area (TPSA) is 40.5 Å². The van der Waals surface area contributed by atoms with Crippen molar-refractivity contribution in [1.82, 2.24) is 4.90 Å². The summed E-state index contributed by atoms with van der Waals surface area (Å²) in [6.07, 6.45) is 0. The van der Waals surface area contributed by atoms with Crippen molar-refractivity contribution in [3.8, 4) is 0 Å². The van der Waals surface area contributed by atoms with Crippen LogP contribution in [0, 0.1) is 0 Å². The van der Waals surface area contributed by atoms with Gasteiger partial charge in [0.05, 0.1) is 6.54 Å². The zero-order chi connectivity index (χ0) is 9.19. The first-order chi connectivity index (χ1) is 5.49. The summed E-state index contributed by atoms with van der Waals surface area (Å²) in [5, 5.41) is 8.59. The second-order valence-corrected chi connectivity index (χ2v) is 5.51. The fourth-order valence-electron chi connectivity index (χ4n) is 1.44. The molecule has 0 saturated carbocycles. The number of hydrogen-bond donors (Lipinski definition) is 1. The van der Waals surface area contributed by atoms with Crippen LogP contribution in [0.25, 0.3) is 0 Å². The molecule has 1 aliphatic rings. The molecule has 3 nitrogen and oxygen atoms in total. The number of carboxylic acid groups (broad SMARTS) is 1. The second kappa shape index (κ2) is 5.08. The molecule has 1 heterocycles. The van der Waals surface area contributed by atoms with Crippen LogP contribution < -0.4 is 0 Å². The van der Waals surface area contributed by atoms with Crippen LogP contribution in [0.4, 0.5) is 0 Å². The van der Waals surface area contributed by atoms with Gasteiger partial charge in [-0.1, -0.05) is 0 Å². The van der Waals surface area contributed by atoms with Gasteiger partial charge in [-0.3, -0.25) is 9.69 Å². The van der Waals surface area contributed by atoms with E-state index in [2.05, 4.69) is 13.8 Å². The van der Waals surface area contributed by atoms with Crippen molar-refractivity contribution >= 4 is 30.1 Å². The van der Waals surface area contributed by atoms with Gasteiger partial charge in [0, 0.05) is 23.6 Å². The van der Waals surface area contributed by atoms with Crippen LogP contribution in [0.15, 0.2) is 0 Å². The van der Waals surface area contributed by atoms with Crippen molar-refractivity contribution in [3.05, 3.63) is 0 Å². The zero-order valence-corrected chi connectivity index (χ0v) is 9.58. The SMILES string of the molecule is CC1(C)CN(CC(=O)O)CCS1.Cl. The van der Waals surface area contributed by atoms with Gasteiger partial charge in [-0.05, 0) is 13.8 Å². The van der Waals surface area contributed by atoms with Crippen LogP contribution in [-0.4, -0.2) is 46.1 Å². The average molecular weight is 226 g/mol. The quantitative estimate of drug-likeness (QED) is 0.770. The fraction of sp³-hybridized carbons (Fsp3) is 0.875. The lowest BCUT2D eigenvalue weighted by Gasteiger charge is -2.36. The normalized spacial score (nSPS) is 22.0. The summed E-state index contributed by atoms with van der Waals surface area (Å²) >= 11 is 1.92. The first kappa shape index (κ1) is 13.1. The molecule has 1 fully saturated rings. The molecule has 0 aromatic carbocycles. The van der Waals surface area contributed by atoms with E-state index in [9.17, 15) is 4.79 Å². The molecule has 0 unspecified atom stereocenters. The molecule has 1 saturated heterocycles. The molecule has 0 radical (unpaired) electrons. The molecule has 0 aromatic rings. The van der Waals surface area contributed by atoms with Crippen molar-refractivity contribution in [2.24, 2.45) is 0 Å². The maximum Gasteiger partial charge on any atom is 0.317 e. The van der Waals surface area contributed by atoms with E-state index in [-0.39, 0.29) is 23.7 Å². The maximum absolute atomic E-state index is 10.4. The third-order valence-corrected chi connectivity index (χ3v) is 3.16. The molecule has 0 aromatic heterocycles. The van der Waals surface area contributed by atoms with Crippen LogP contribution in [0.1, 0.15) is 13.8 Å². The van der Waals surface area contributed by atoms with Crippen LogP contribution in [0.2, 0.25) is 0 Å². The number of rotatable bonds is 2. The Morgan fingerprint density at radius 1 is 1.62 bits per heavy atom. The van der Waals surface area contributed by atoms with Gasteiger partial charge in [0.15, 0.2) is 0 Å². The monoisotopic (exact) mass is 225 g/mol. The van der Waals surface area contributed by atoms with Crippen LogP contribution in [-0.2, 0) is 4.79 Å². The lowest BCUT2D eigenvalue weighted by atomic mass is 10.2. The highest BCUT2D eigenvalue weighted by Crippen LogP contribution is 2.28. The Morgan fingerprint density at radius 2 is 2.23 bits per heavy atom. The fourth-order valence-corrected chi connectivity index (χ4v) is 2.62. The van der Waals surface area contributed by atoms with E-state index in [1.165, 1.54) is 0 Å². The van der Waals surface area contributed by atoms with E-state index in [4.69, 9.17) is 5.11 Å². The van der Waals surface area contributed by atoms with Crippen molar-refractivity contribution in [2.45, 2.75) is 18.6 Å². The number of carboxylic acids is 1. The minimum Gasteiger partial charge on any atom is -0.480 e. The molecule has 78 valence electrons. The third-order valence-electron chi connectivity index (χ3n) is 1.86. The minimum absolute atomic E-state index is 0. The van der Waals surface area contributed by atoms with Crippen molar-refractivity contribution in [2.75, 3.05) is 25.4 Å². The molecule has 5 heteroatoms. The highest BCUT2D eigenvalue weighted by Gasteiger charge is 2.27. The Balaban J connectivity index is 0.00000144. The molecular weight excluding hydrogens is 210 g/mol. The molecule has 1 N–H and O–H groups in total. The second-order valence-electron chi connectivity index (χ2n) is 3.71. The molecule has 13 heavy (non-hydrogen) atoms. The Labute approximate surface area is 89.3 Å². The van der Waals surface area contributed by atoms with E-state index in [0.29, 0.717) is 0 Å². The number of halogens is 1. The summed E-state index contributed by atoms with van der Waals surface area (Å²) in [7, 11) is 0. The smallest absolute Gasteiger partial charge is 0.317 e. The Morgan fingerprint density at radius 3 is 2.69 bits per heavy atom. The Hall–Kier alpha value is 0.0700. The van der Waals surface area contributed by atoms with Gasteiger partial charge in [0.1, 0.15) is 0 Å². The number of thioether (sulfide) groups is 1. The summed E-state index contributed by atoms with van der Waals surface area (Å²) < 4.78 is 0.216. The zero-order valence-electron chi connectivity index (χ0n) is 7.95. The van der Waals surface area contributed by atoms with Gasteiger partial charge in [-0.15, -0.1) is 12.4 Å². The largest absolute Gasteiger partial charge is 0.480 e. The van der Waals surface area contributed by atoms with Gasteiger partial charge in [-0.2, -0.15) is 11.8 Å². The number of aliphatic carboxylic acids is 1. The molecular formula is C8H16ClNO2S. The lowest BCUT2D eigenvalue weighted by Crippen LogP contribution is -2.45. The van der Waals surface area contributed by atoms with Crippen molar-refractivity contribution < 1.29 is 9.90 Å². The maximum atomic E-state index is 10.4. The standard InChI is InChI=1S/C8H15NO2S.ClH/c1-8(2)6-9(3-4-12-8)5-7(10)11;/h3-6H2,1-2H3,(H,10,11);1H. The van der Waals surface area contributed by atoms with E-state index < -0.39 is 5.97 Å². The summed E-state index contributed by atoms with van der Waals surface area (Å²) in [6, 6.07) is 0. The average Bonchev–Trinajstić information content (AvgIpc) is 1.82. The van der Waals surface area contributed by atoms with Gasteiger partial charge in [0.25, 0.3) is 0 Å². The number of carbonyl (C=O) groups is 1. The molecule has 1 rings (SSSR count). The summed E-state index contributed by atoms with van der Waals surface area (Å²) in [6.45, 7) is 6.28. The van der Waals surface area contributed by atoms with E-state index in [1.54, 1.807) is 0 Å². The number of nitrogens with zero attached hydrogens (tertiary/aromatic N) is 1. The molecule has 0 atom stereocenters. The first-order valence-corrected chi connectivity index (χ1v) is 5.06. The van der Waals surface area contributed by atoms with Crippen molar-refractivity contribution in [1.29, 1.82) is 0 Å². The van der Waals surface area contributed by atoms with E-state index in [0.717, 1.165) is 18.8 Å². The van der Waals surface area contributed by atoms with Gasteiger partial charge < -0.3 is 5.11 Å². The Bertz CT molecular complexity index is 187. The van der Waals surface area contributed by atoms with E-state index >= 15 is 0 Å². The highest BCUT2D eigenvalue weighted by atomic mass is 35.5. The molecule has 0 bridgehead atoms. The van der Waals surface area contributed by atoms with Gasteiger partial charge >= 0.3 is 5.97 Å². The third kappa shape index (κ3) is 4.74. The highest BCUT2D eigenvalue weighted by molar-refractivity contribution is 8.00. The van der Waals surface area contributed by atoms with Gasteiger partial charge in [0.2, 0.25) is 0 Å². The molecule has 0 aliphatic carbocycles. The molecule has 0 amide bonds. The van der Waals surface area contributed by atoms with Crippen LogP contribution >= 0.6 is 24.2 Å². The first-order valence-electron chi connectivity index (χ1n) is 4.08. The minimum atomic E-state index is -0.724. The predicted octanol–water partition coefficient (Wildman–Crippen LogP) is 1.32. The molecule has 1 aliphatic heterocycles.